The zero-order valence-corrected chi connectivity index (χ0v) is 10.9. The van der Waals surface area contributed by atoms with Gasteiger partial charge in [-0.15, -0.1) is 0 Å². The van der Waals surface area contributed by atoms with Crippen LogP contribution < -0.4 is 4.74 Å². The molecule has 0 aromatic heterocycles. The smallest absolute Gasteiger partial charge is 0.142 e. The highest BCUT2D eigenvalue weighted by molar-refractivity contribution is 5.76. The molecule has 1 unspecified atom stereocenters. The van der Waals surface area contributed by atoms with Gasteiger partial charge in [0.2, 0.25) is 0 Å². The lowest BCUT2D eigenvalue weighted by Crippen LogP contribution is -2.01. The third kappa shape index (κ3) is 2.80. The fourth-order valence-corrected chi connectivity index (χ4v) is 1.77. The average molecular weight is 246 g/mol. The predicted molar refractivity (Wildman–Crippen MR) is 73.0 cm³/mol. The van der Waals surface area contributed by atoms with E-state index in [1.165, 1.54) is 6.08 Å². The van der Waals surface area contributed by atoms with Crippen molar-refractivity contribution in [3.05, 3.63) is 41.5 Å². The number of rotatable bonds is 5. The van der Waals surface area contributed by atoms with Crippen LogP contribution in [0.4, 0.5) is 0 Å². The third-order valence-electron chi connectivity index (χ3n) is 2.93. The van der Waals surface area contributed by atoms with Crippen LogP contribution in [0.5, 0.6) is 11.5 Å². The normalized spacial score (nSPS) is 12.4. The molecule has 1 aromatic rings. The van der Waals surface area contributed by atoms with Crippen molar-refractivity contribution in [3.63, 3.8) is 0 Å². The summed E-state index contributed by atoms with van der Waals surface area (Å²) in [5.41, 5.74) is 2.38. The first kappa shape index (κ1) is 14.0. The number of allylic oxidation sites excluding steroid dienone is 2. The third-order valence-corrected chi connectivity index (χ3v) is 2.93. The highest BCUT2D eigenvalue weighted by Crippen LogP contribution is 2.40. The highest BCUT2D eigenvalue weighted by Gasteiger charge is 2.19. The Balaban J connectivity index is 3.43. The minimum atomic E-state index is -0.0236. The summed E-state index contributed by atoms with van der Waals surface area (Å²) >= 11 is 0. The second kappa shape index (κ2) is 6.05. The Hall–Kier alpha value is -2.03. The zero-order chi connectivity index (χ0) is 13.7. The lowest BCUT2D eigenvalue weighted by atomic mass is 9.91. The van der Waals surface area contributed by atoms with Crippen LogP contribution in [0.25, 0.3) is 6.08 Å². The van der Waals surface area contributed by atoms with Crippen LogP contribution in [0.15, 0.2) is 30.4 Å². The molecule has 0 saturated carbocycles. The van der Waals surface area contributed by atoms with Crippen molar-refractivity contribution < 1.29 is 14.6 Å². The van der Waals surface area contributed by atoms with Gasteiger partial charge >= 0.3 is 0 Å². The van der Waals surface area contributed by atoms with Crippen LogP contribution in [-0.4, -0.2) is 18.5 Å². The first-order chi connectivity index (χ1) is 8.52. The number of hydrogen-bond acceptors (Lipinski definition) is 3. The monoisotopic (exact) mass is 246 g/mol. The Morgan fingerprint density at radius 2 is 2.17 bits per heavy atom. The number of carbonyl (C=O) groups is 1. The standard InChI is InChI=1S/C15H18O3/c1-10(2)11(3)14-13(17)8-7-12(6-5-9-16)15(14)18-4/h5-9,11,17H,1H2,2-4H3. The number of hydrogen-bond donors (Lipinski definition) is 1. The summed E-state index contributed by atoms with van der Waals surface area (Å²) in [6.07, 6.45) is 3.75. The second-order valence-electron chi connectivity index (χ2n) is 4.18. The maximum absolute atomic E-state index is 10.4. The molecular formula is C15H18O3. The van der Waals surface area contributed by atoms with Gasteiger partial charge in [0.15, 0.2) is 0 Å². The summed E-state index contributed by atoms with van der Waals surface area (Å²) in [7, 11) is 1.54. The summed E-state index contributed by atoms with van der Waals surface area (Å²) in [6.45, 7) is 7.75. The van der Waals surface area contributed by atoms with Gasteiger partial charge in [-0.2, -0.15) is 0 Å². The van der Waals surface area contributed by atoms with Crippen molar-refractivity contribution in [2.75, 3.05) is 7.11 Å². The number of methoxy groups -OCH3 is 1. The minimum absolute atomic E-state index is 0.0236. The lowest BCUT2D eigenvalue weighted by Gasteiger charge is -2.19. The molecule has 0 aliphatic carbocycles. The van der Waals surface area contributed by atoms with Gasteiger partial charge in [0, 0.05) is 17.0 Å². The van der Waals surface area contributed by atoms with Crippen molar-refractivity contribution in [2.24, 2.45) is 0 Å². The molecule has 3 nitrogen and oxygen atoms in total. The van der Waals surface area contributed by atoms with Crippen molar-refractivity contribution in [1.82, 2.24) is 0 Å². The molecule has 0 aliphatic heterocycles. The van der Waals surface area contributed by atoms with Gasteiger partial charge in [-0.3, -0.25) is 4.79 Å². The number of aromatic hydroxyl groups is 1. The molecule has 0 saturated heterocycles. The molecule has 0 heterocycles. The topological polar surface area (TPSA) is 46.5 Å². The van der Waals surface area contributed by atoms with Crippen LogP contribution in [0.3, 0.4) is 0 Å². The molecule has 0 spiro atoms. The van der Waals surface area contributed by atoms with Crippen LogP contribution in [-0.2, 0) is 4.79 Å². The Labute approximate surface area is 107 Å². The SMILES string of the molecule is C=C(C)C(C)c1c(O)ccc(C=CC=O)c1OC. The van der Waals surface area contributed by atoms with E-state index >= 15 is 0 Å². The van der Waals surface area contributed by atoms with E-state index < -0.39 is 0 Å². The van der Waals surface area contributed by atoms with Crippen LogP contribution >= 0.6 is 0 Å². The second-order valence-corrected chi connectivity index (χ2v) is 4.18. The molecule has 0 radical (unpaired) electrons. The number of phenolic OH excluding ortho intramolecular Hbond substituents is 1. The zero-order valence-electron chi connectivity index (χ0n) is 10.9. The number of aldehydes is 1. The van der Waals surface area contributed by atoms with Gasteiger partial charge in [-0.1, -0.05) is 19.1 Å². The summed E-state index contributed by atoms with van der Waals surface area (Å²) in [5.74, 6) is 0.721. The van der Waals surface area contributed by atoms with Gasteiger partial charge in [-0.25, -0.2) is 0 Å². The molecule has 1 N–H and O–H groups in total. The van der Waals surface area contributed by atoms with Crippen LogP contribution in [0.2, 0.25) is 0 Å². The molecule has 1 rings (SSSR count). The minimum Gasteiger partial charge on any atom is -0.508 e. The Kier molecular flexibility index (Phi) is 4.72. The number of benzene rings is 1. The summed E-state index contributed by atoms with van der Waals surface area (Å²) in [6, 6.07) is 3.31. The molecule has 0 aliphatic rings. The van der Waals surface area contributed by atoms with Gasteiger partial charge in [0.05, 0.1) is 7.11 Å². The van der Waals surface area contributed by atoms with Crippen molar-refractivity contribution in [2.45, 2.75) is 19.8 Å². The van der Waals surface area contributed by atoms with E-state index in [2.05, 4.69) is 6.58 Å². The Morgan fingerprint density at radius 3 is 2.67 bits per heavy atom. The van der Waals surface area contributed by atoms with Gasteiger partial charge in [0.1, 0.15) is 17.8 Å². The van der Waals surface area contributed by atoms with Crippen molar-refractivity contribution in [3.8, 4) is 11.5 Å². The van der Waals surface area contributed by atoms with Gasteiger partial charge in [0.25, 0.3) is 0 Å². The van der Waals surface area contributed by atoms with E-state index in [1.54, 1.807) is 25.3 Å². The average Bonchev–Trinajstić information content (AvgIpc) is 2.35. The summed E-state index contributed by atoms with van der Waals surface area (Å²) in [5, 5.41) is 9.98. The van der Waals surface area contributed by atoms with Crippen molar-refractivity contribution >= 4 is 12.4 Å². The molecule has 3 heteroatoms. The lowest BCUT2D eigenvalue weighted by molar-refractivity contribution is -0.104. The predicted octanol–water partition coefficient (Wildman–Crippen LogP) is 3.29. The summed E-state index contributed by atoms with van der Waals surface area (Å²) in [4.78, 5) is 10.4. The molecule has 1 atom stereocenters. The fourth-order valence-electron chi connectivity index (χ4n) is 1.77. The molecular weight excluding hydrogens is 228 g/mol. The highest BCUT2D eigenvalue weighted by atomic mass is 16.5. The Morgan fingerprint density at radius 1 is 1.50 bits per heavy atom. The Bertz CT molecular complexity index is 487. The molecule has 1 aromatic carbocycles. The van der Waals surface area contributed by atoms with E-state index in [1.807, 2.05) is 13.8 Å². The molecule has 0 amide bonds. The molecule has 0 fully saturated rings. The molecule has 96 valence electrons. The quantitative estimate of drug-likeness (QED) is 0.492. The van der Waals surface area contributed by atoms with Crippen molar-refractivity contribution in [1.29, 1.82) is 0 Å². The van der Waals surface area contributed by atoms with E-state index in [0.29, 0.717) is 17.6 Å². The maximum atomic E-state index is 10.4. The summed E-state index contributed by atoms with van der Waals surface area (Å²) < 4.78 is 5.36. The van der Waals surface area contributed by atoms with E-state index in [-0.39, 0.29) is 11.7 Å². The maximum Gasteiger partial charge on any atom is 0.142 e. The molecule has 18 heavy (non-hydrogen) atoms. The van der Waals surface area contributed by atoms with E-state index in [0.717, 1.165) is 11.1 Å². The van der Waals surface area contributed by atoms with Crippen LogP contribution in [0.1, 0.15) is 30.9 Å². The first-order valence-corrected chi connectivity index (χ1v) is 5.70. The first-order valence-electron chi connectivity index (χ1n) is 5.70. The molecule has 0 bridgehead atoms. The van der Waals surface area contributed by atoms with Gasteiger partial charge in [-0.05, 0) is 31.2 Å². The van der Waals surface area contributed by atoms with E-state index in [9.17, 15) is 9.90 Å². The largest absolute Gasteiger partial charge is 0.508 e. The number of ether oxygens (including phenoxy) is 1. The van der Waals surface area contributed by atoms with Crippen LogP contribution in [0, 0.1) is 0 Å². The fraction of sp³-hybridized carbons (Fsp3) is 0.267. The number of carbonyl (C=O) groups excluding carboxylic acids is 1. The van der Waals surface area contributed by atoms with Gasteiger partial charge < -0.3 is 9.84 Å². The van der Waals surface area contributed by atoms with E-state index in [4.69, 9.17) is 4.74 Å². The number of phenols is 1.